The highest BCUT2D eigenvalue weighted by Crippen LogP contribution is 2.08. The number of hydrogen-bond donors (Lipinski definition) is 1. The molecule has 1 saturated heterocycles. The molecule has 1 aliphatic heterocycles. The molecule has 5 heteroatoms. The summed E-state index contributed by atoms with van der Waals surface area (Å²) >= 11 is 0. The van der Waals surface area contributed by atoms with E-state index >= 15 is 0 Å². The van der Waals surface area contributed by atoms with Gasteiger partial charge in [-0.15, -0.1) is 0 Å². The second-order valence-corrected chi connectivity index (χ2v) is 3.64. The first kappa shape index (κ1) is 10.3. The van der Waals surface area contributed by atoms with Crippen LogP contribution >= 0.6 is 0 Å². The van der Waals surface area contributed by atoms with Crippen molar-refractivity contribution in [2.45, 2.75) is 25.3 Å². The molecule has 15 heavy (non-hydrogen) atoms. The monoisotopic (exact) mass is 211 g/mol. The number of ether oxygens (including phenoxy) is 1. The Bertz CT molecular complexity index is 298. The van der Waals surface area contributed by atoms with Crippen molar-refractivity contribution >= 4 is 0 Å². The maximum atomic E-state index is 12.5. The average molecular weight is 211 g/mol. The lowest BCUT2D eigenvalue weighted by Gasteiger charge is -2.22. The fourth-order valence-corrected chi connectivity index (χ4v) is 1.62. The zero-order valence-electron chi connectivity index (χ0n) is 8.45. The first-order chi connectivity index (χ1) is 7.34. The van der Waals surface area contributed by atoms with Gasteiger partial charge in [0.25, 0.3) is 0 Å². The highest BCUT2D eigenvalue weighted by molar-refractivity contribution is 4.95. The molecular weight excluding hydrogens is 197 g/mol. The van der Waals surface area contributed by atoms with Gasteiger partial charge in [0, 0.05) is 6.04 Å². The van der Waals surface area contributed by atoms with E-state index in [4.69, 9.17) is 4.74 Å². The van der Waals surface area contributed by atoms with Gasteiger partial charge in [0.2, 0.25) is 0 Å². The molecule has 0 spiro atoms. The molecule has 1 atom stereocenters. The van der Waals surface area contributed by atoms with Crippen molar-refractivity contribution in [2.24, 2.45) is 0 Å². The molecule has 0 radical (unpaired) electrons. The number of nitrogens with zero attached hydrogens (tertiary/aromatic N) is 2. The van der Waals surface area contributed by atoms with Crippen molar-refractivity contribution in [3.63, 3.8) is 0 Å². The molecule has 0 amide bonds. The quantitative estimate of drug-likeness (QED) is 0.814. The van der Waals surface area contributed by atoms with Gasteiger partial charge in [0.1, 0.15) is 6.61 Å². The first-order valence-electron chi connectivity index (χ1n) is 5.18. The van der Waals surface area contributed by atoms with Crippen LogP contribution in [0.1, 0.15) is 19.3 Å². The lowest BCUT2D eigenvalue weighted by molar-refractivity contribution is 0.223. The Labute approximate surface area is 87.9 Å². The summed E-state index contributed by atoms with van der Waals surface area (Å²) in [6.45, 7) is 1.59. The van der Waals surface area contributed by atoms with Crippen LogP contribution < -0.4 is 10.1 Å². The summed E-state index contributed by atoms with van der Waals surface area (Å²) in [5.74, 6) is -0.446. The van der Waals surface area contributed by atoms with Crippen LogP contribution in [0.4, 0.5) is 4.39 Å². The van der Waals surface area contributed by atoms with Crippen LogP contribution in [-0.2, 0) is 0 Å². The molecule has 1 aromatic rings. The van der Waals surface area contributed by atoms with Gasteiger partial charge in [0.05, 0.1) is 12.4 Å². The van der Waals surface area contributed by atoms with E-state index in [1.807, 2.05) is 0 Å². The minimum absolute atomic E-state index is 0.240. The summed E-state index contributed by atoms with van der Waals surface area (Å²) in [4.78, 5) is 7.45. The van der Waals surface area contributed by atoms with Crippen molar-refractivity contribution in [1.82, 2.24) is 15.3 Å². The maximum absolute atomic E-state index is 12.5. The predicted molar refractivity (Wildman–Crippen MR) is 53.1 cm³/mol. The Hall–Kier alpha value is -1.23. The molecule has 0 aromatic carbocycles. The van der Waals surface area contributed by atoms with Crippen molar-refractivity contribution in [1.29, 1.82) is 0 Å². The largest absolute Gasteiger partial charge is 0.462 e. The number of hydrogen-bond acceptors (Lipinski definition) is 4. The third-order valence-corrected chi connectivity index (χ3v) is 2.42. The van der Waals surface area contributed by atoms with Crippen molar-refractivity contribution in [2.75, 3.05) is 13.2 Å². The molecule has 0 saturated carbocycles. The SMILES string of the molecule is Fc1cnc(OC[C@H]2CCCCN2)nc1. The van der Waals surface area contributed by atoms with E-state index in [-0.39, 0.29) is 6.01 Å². The topological polar surface area (TPSA) is 47.0 Å². The predicted octanol–water partition coefficient (Wildman–Crippen LogP) is 1.14. The van der Waals surface area contributed by atoms with Gasteiger partial charge in [-0.2, -0.15) is 0 Å². The van der Waals surface area contributed by atoms with Crippen LogP contribution in [0, 0.1) is 5.82 Å². The van der Waals surface area contributed by atoms with E-state index in [1.54, 1.807) is 0 Å². The molecule has 1 N–H and O–H groups in total. The highest BCUT2D eigenvalue weighted by atomic mass is 19.1. The summed E-state index contributed by atoms with van der Waals surface area (Å²) in [6.07, 6.45) is 5.78. The van der Waals surface area contributed by atoms with E-state index in [9.17, 15) is 4.39 Å². The minimum Gasteiger partial charge on any atom is -0.462 e. The van der Waals surface area contributed by atoms with Gasteiger partial charge in [0.15, 0.2) is 5.82 Å². The van der Waals surface area contributed by atoms with Crippen molar-refractivity contribution in [3.8, 4) is 6.01 Å². The van der Waals surface area contributed by atoms with E-state index in [0.29, 0.717) is 12.6 Å². The lowest BCUT2D eigenvalue weighted by atomic mass is 10.1. The van der Waals surface area contributed by atoms with E-state index < -0.39 is 5.82 Å². The van der Waals surface area contributed by atoms with Crippen LogP contribution in [0.3, 0.4) is 0 Å². The number of nitrogens with one attached hydrogen (secondary N) is 1. The lowest BCUT2D eigenvalue weighted by Crippen LogP contribution is -2.38. The van der Waals surface area contributed by atoms with Crippen LogP contribution in [0.15, 0.2) is 12.4 Å². The smallest absolute Gasteiger partial charge is 0.316 e. The van der Waals surface area contributed by atoms with E-state index in [1.165, 1.54) is 12.8 Å². The Morgan fingerprint density at radius 1 is 1.40 bits per heavy atom. The molecule has 2 heterocycles. The molecule has 0 unspecified atom stereocenters. The second-order valence-electron chi connectivity index (χ2n) is 3.64. The molecule has 1 aromatic heterocycles. The van der Waals surface area contributed by atoms with Crippen LogP contribution in [-0.4, -0.2) is 29.2 Å². The fraction of sp³-hybridized carbons (Fsp3) is 0.600. The zero-order valence-corrected chi connectivity index (χ0v) is 8.45. The van der Waals surface area contributed by atoms with E-state index in [0.717, 1.165) is 25.4 Å². The minimum atomic E-state index is -0.446. The van der Waals surface area contributed by atoms with Gasteiger partial charge in [-0.1, -0.05) is 6.42 Å². The number of rotatable bonds is 3. The molecule has 82 valence electrons. The number of piperidine rings is 1. The fourth-order valence-electron chi connectivity index (χ4n) is 1.62. The molecule has 1 aliphatic rings. The highest BCUT2D eigenvalue weighted by Gasteiger charge is 2.13. The Balaban J connectivity index is 1.79. The number of halogens is 1. The van der Waals surface area contributed by atoms with E-state index in [2.05, 4.69) is 15.3 Å². The second kappa shape index (κ2) is 5.02. The normalized spacial score (nSPS) is 21.3. The third-order valence-electron chi connectivity index (χ3n) is 2.42. The molecule has 0 bridgehead atoms. The zero-order chi connectivity index (χ0) is 10.5. The standard InChI is InChI=1S/C10H14FN3O/c11-8-5-13-10(14-6-8)15-7-9-3-1-2-4-12-9/h5-6,9,12H,1-4,7H2/t9-/m1/s1. The Morgan fingerprint density at radius 2 is 2.20 bits per heavy atom. The molecule has 0 aliphatic carbocycles. The van der Waals surface area contributed by atoms with Crippen LogP contribution in [0.25, 0.3) is 0 Å². The summed E-state index contributed by atoms with van der Waals surface area (Å²) < 4.78 is 17.8. The van der Waals surface area contributed by atoms with Gasteiger partial charge in [-0.25, -0.2) is 14.4 Å². The summed E-state index contributed by atoms with van der Waals surface area (Å²) in [6, 6.07) is 0.608. The summed E-state index contributed by atoms with van der Waals surface area (Å²) in [5.41, 5.74) is 0. The maximum Gasteiger partial charge on any atom is 0.316 e. The molecule has 2 rings (SSSR count). The first-order valence-corrected chi connectivity index (χ1v) is 5.18. The van der Waals surface area contributed by atoms with Crippen molar-refractivity contribution in [3.05, 3.63) is 18.2 Å². The van der Waals surface area contributed by atoms with Crippen LogP contribution in [0.5, 0.6) is 6.01 Å². The van der Waals surface area contributed by atoms with Gasteiger partial charge in [-0.3, -0.25) is 0 Å². The molecular formula is C10H14FN3O. The van der Waals surface area contributed by atoms with Gasteiger partial charge in [-0.05, 0) is 19.4 Å². The summed E-state index contributed by atoms with van der Waals surface area (Å²) in [7, 11) is 0. The number of aromatic nitrogens is 2. The Morgan fingerprint density at radius 3 is 2.87 bits per heavy atom. The third kappa shape index (κ3) is 3.13. The summed E-state index contributed by atoms with van der Waals surface area (Å²) in [5, 5.41) is 3.35. The van der Waals surface area contributed by atoms with Crippen molar-refractivity contribution < 1.29 is 9.13 Å². The van der Waals surface area contributed by atoms with Crippen LogP contribution in [0.2, 0.25) is 0 Å². The van der Waals surface area contributed by atoms with Gasteiger partial charge < -0.3 is 10.1 Å². The average Bonchev–Trinajstić information content (AvgIpc) is 2.30. The Kier molecular flexibility index (Phi) is 3.45. The molecule has 1 fully saturated rings. The van der Waals surface area contributed by atoms with Gasteiger partial charge >= 0.3 is 6.01 Å². The molecule has 4 nitrogen and oxygen atoms in total.